The lowest BCUT2D eigenvalue weighted by atomic mass is 9.85. The van der Waals surface area contributed by atoms with Gasteiger partial charge in [0.25, 0.3) is 0 Å². The zero-order valence-corrected chi connectivity index (χ0v) is 31.5. The number of para-hydroxylation sites is 1. The first kappa shape index (κ1) is 38.3. The predicted octanol–water partition coefficient (Wildman–Crippen LogP) is 5.74. The Balaban J connectivity index is 1.15. The first-order valence-electron chi connectivity index (χ1n) is 19.7. The number of aromatic nitrogens is 1. The smallest absolute Gasteiger partial charge is 0.243 e. The molecule has 10 nitrogen and oxygen atoms in total. The summed E-state index contributed by atoms with van der Waals surface area (Å²) < 4.78 is 0. The Kier molecular flexibility index (Phi) is 12.1. The molecule has 0 bridgehead atoms. The van der Waals surface area contributed by atoms with E-state index in [0.29, 0.717) is 12.3 Å². The van der Waals surface area contributed by atoms with E-state index >= 15 is 0 Å². The van der Waals surface area contributed by atoms with E-state index in [2.05, 4.69) is 20.9 Å². The summed E-state index contributed by atoms with van der Waals surface area (Å²) in [6, 6.07) is 31.3. The standard InChI is InChI=1S/C46H50N6O4/c47-38(24-29-10-2-1-3-11-29)44(54)51-41(26-31-19-21-33-13-5-7-15-35(33)23-31)45(55)52-42(27-36-28-49-39-17-9-8-16-37(36)39)46(56)50-40(43(48)53)25-30-18-20-32-12-4-6-14-34(32)22-30/h4-9,12-23,28-29,38,40-42,49H,1-3,10-11,24-27,47H2,(H2,48,53)(H,50,56)(H,51,54)(H,52,55)/t38-,40+,41+,42-/m0/s1. The van der Waals surface area contributed by atoms with Crippen molar-refractivity contribution in [2.24, 2.45) is 17.4 Å². The second-order valence-electron chi connectivity index (χ2n) is 15.3. The minimum absolute atomic E-state index is 0.112. The summed E-state index contributed by atoms with van der Waals surface area (Å²) in [6.07, 6.45) is 8.35. The van der Waals surface area contributed by atoms with Crippen LogP contribution in [0.25, 0.3) is 32.4 Å². The Labute approximate surface area is 326 Å². The molecule has 56 heavy (non-hydrogen) atoms. The maximum Gasteiger partial charge on any atom is 0.243 e. The Hall–Kier alpha value is -6.00. The van der Waals surface area contributed by atoms with Gasteiger partial charge in [0.1, 0.15) is 18.1 Å². The van der Waals surface area contributed by atoms with E-state index in [1.54, 1.807) is 0 Å². The van der Waals surface area contributed by atoms with Crippen molar-refractivity contribution in [2.45, 2.75) is 82.0 Å². The van der Waals surface area contributed by atoms with Crippen LogP contribution < -0.4 is 27.4 Å². The fourth-order valence-corrected chi connectivity index (χ4v) is 8.08. The van der Waals surface area contributed by atoms with Gasteiger partial charge in [-0.1, -0.05) is 135 Å². The molecule has 0 unspecified atom stereocenters. The predicted molar refractivity (Wildman–Crippen MR) is 221 cm³/mol. The molecule has 10 heteroatoms. The second-order valence-corrected chi connectivity index (χ2v) is 15.3. The molecule has 1 aromatic heterocycles. The molecule has 1 aliphatic rings. The molecule has 0 spiro atoms. The summed E-state index contributed by atoms with van der Waals surface area (Å²) in [7, 11) is 0. The molecule has 1 fully saturated rings. The van der Waals surface area contributed by atoms with Crippen LogP contribution in [0.1, 0.15) is 55.2 Å². The van der Waals surface area contributed by atoms with Crippen molar-refractivity contribution in [3.63, 3.8) is 0 Å². The van der Waals surface area contributed by atoms with Gasteiger partial charge in [-0.05, 0) is 56.6 Å². The molecule has 0 radical (unpaired) electrons. The maximum absolute atomic E-state index is 14.5. The summed E-state index contributed by atoms with van der Waals surface area (Å²) in [5.74, 6) is -1.84. The molecule has 288 valence electrons. The fourth-order valence-electron chi connectivity index (χ4n) is 8.08. The van der Waals surface area contributed by atoms with Gasteiger partial charge in [-0.15, -0.1) is 0 Å². The summed E-state index contributed by atoms with van der Waals surface area (Å²) in [4.78, 5) is 58.5. The molecule has 8 N–H and O–H groups in total. The minimum Gasteiger partial charge on any atom is -0.368 e. The molecule has 4 atom stereocenters. The average Bonchev–Trinajstić information content (AvgIpc) is 3.62. The lowest BCUT2D eigenvalue weighted by Gasteiger charge is -2.27. The first-order chi connectivity index (χ1) is 27.2. The van der Waals surface area contributed by atoms with Crippen molar-refractivity contribution in [1.82, 2.24) is 20.9 Å². The zero-order chi connectivity index (χ0) is 39.0. The van der Waals surface area contributed by atoms with E-state index in [1.165, 1.54) is 6.42 Å². The molecule has 1 heterocycles. The number of carbonyl (C=O) groups is 4. The van der Waals surface area contributed by atoms with Gasteiger partial charge < -0.3 is 32.4 Å². The van der Waals surface area contributed by atoms with E-state index in [0.717, 1.165) is 74.8 Å². The highest BCUT2D eigenvalue weighted by Crippen LogP contribution is 2.27. The van der Waals surface area contributed by atoms with Gasteiger partial charge in [-0.2, -0.15) is 0 Å². The van der Waals surface area contributed by atoms with E-state index in [4.69, 9.17) is 11.5 Å². The van der Waals surface area contributed by atoms with Crippen molar-refractivity contribution < 1.29 is 19.2 Å². The lowest BCUT2D eigenvalue weighted by Crippen LogP contribution is -2.58. The van der Waals surface area contributed by atoms with Gasteiger partial charge in [0.2, 0.25) is 23.6 Å². The van der Waals surface area contributed by atoms with Crippen molar-refractivity contribution in [2.75, 3.05) is 0 Å². The molecule has 0 aliphatic heterocycles. The normalized spacial score (nSPS) is 15.5. The topological polar surface area (TPSA) is 172 Å². The van der Waals surface area contributed by atoms with Crippen LogP contribution in [0.15, 0.2) is 115 Å². The van der Waals surface area contributed by atoms with E-state index in [1.807, 2.05) is 115 Å². The summed E-state index contributed by atoms with van der Waals surface area (Å²) in [5, 5.41) is 13.8. The average molecular weight is 751 g/mol. The van der Waals surface area contributed by atoms with Gasteiger partial charge in [0.15, 0.2) is 0 Å². The van der Waals surface area contributed by atoms with Gasteiger partial charge in [-0.25, -0.2) is 0 Å². The number of hydrogen-bond acceptors (Lipinski definition) is 5. The number of nitrogens with one attached hydrogen (secondary N) is 4. The highest BCUT2D eigenvalue weighted by atomic mass is 16.2. The third-order valence-electron chi connectivity index (χ3n) is 11.2. The molecule has 1 aliphatic carbocycles. The van der Waals surface area contributed by atoms with E-state index in [9.17, 15) is 19.2 Å². The van der Waals surface area contributed by atoms with Crippen molar-refractivity contribution >= 4 is 56.1 Å². The number of hydrogen-bond donors (Lipinski definition) is 6. The van der Waals surface area contributed by atoms with Gasteiger partial charge in [0, 0.05) is 36.4 Å². The van der Waals surface area contributed by atoms with Crippen LogP contribution in [0.5, 0.6) is 0 Å². The number of benzene rings is 5. The summed E-state index contributed by atoms with van der Waals surface area (Å²) in [6.45, 7) is 0. The van der Waals surface area contributed by atoms with Crippen LogP contribution in [-0.2, 0) is 38.4 Å². The van der Waals surface area contributed by atoms with Crippen LogP contribution in [0.4, 0.5) is 0 Å². The van der Waals surface area contributed by atoms with Crippen molar-refractivity contribution in [3.05, 3.63) is 132 Å². The lowest BCUT2D eigenvalue weighted by molar-refractivity contribution is -0.133. The second kappa shape index (κ2) is 17.6. The molecule has 4 amide bonds. The number of H-pyrrole nitrogens is 1. The number of primary amides is 1. The quantitative estimate of drug-likeness (QED) is 0.0785. The monoisotopic (exact) mass is 750 g/mol. The number of fused-ring (bicyclic) bond motifs is 3. The van der Waals surface area contributed by atoms with Crippen molar-refractivity contribution in [1.29, 1.82) is 0 Å². The third kappa shape index (κ3) is 9.44. The van der Waals surface area contributed by atoms with Gasteiger partial charge >= 0.3 is 0 Å². The Morgan fingerprint density at radius 1 is 0.607 bits per heavy atom. The number of aromatic amines is 1. The first-order valence-corrected chi connectivity index (χ1v) is 19.7. The van der Waals surface area contributed by atoms with Crippen LogP contribution in [-0.4, -0.2) is 52.8 Å². The molecular weight excluding hydrogens is 701 g/mol. The zero-order valence-electron chi connectivity index (χ0n) is 31.5. The molecule has 0 saturated heterocycles. The summed E-state index contributed by atoms with van der Waals surface area (Å²) in [5.41, 5.74) is 15.7. The Morgan fingerprint density at radius 2 is 1.12 bits per heavy atom. The summed E-state index contributed by atoms with van der Waals surface area (Å²) >= 11 is 0. The van der Waals surface area contributed by atoms with E-state index < -0.39 is 47.8 Å². The SMILES string of the molecule is NC(=O)[C@@H](Cc1ccc2ccccc2c1)NC(=O)[C@H](Cc1c[nH]c2ccccc12)NC(=O)[C@@H](Cc1ccc2ccccc2c1)NC(=O)[C@@H](N)CC1CCCCC1. The molecule has 7 rings (SSSR count). The Bertz CT molecular complexity index is 2350. The van der Waals surface area contributed by atoms with Crippen LogP contribution >= 0.6 is 0 Å². The van der Waals surface area contributed by atoms with Crippen molar-refractivity contribution in [3.8, 4) is 0 Å². The molecule has 1 saturated carbocycles. The number of amides is 4. The number of carbonyl (C=O) groups excluding carboxylic acids is 4. The van der Waals surface area contributed by atoms with Crippen LogP contribution in [0, 0.1) is 5.92 Å². The minimum atomic E-state index is -1.12. The van der Waals surface area contributed by atoms with Gasteiger partial charge in [-0.3, -0.25) is 19.2 Å². The number of rotatable bonds is 15. The molecular formula is C46H50N6O4. The number of nitrogens with two attached hydrogens (primary N) is 2. The maximum atomic E-state index is 14.5. The third-order valence-corrected chi connectivity index (χ3v) is 11.2. The highest BCUT2D eigenvalue weighted by molar-refractivity contribution is 5.96. The van der Waals surface area contributed by atoms with Crippen LogP contribution in [0.3, 0.4) is 0 Å². The van der Waals surface area contributed by atoms with Crippen LogP contribution in [0.2, 0.25) is 0 Å². The molecule has 5 aromatic carbocycles. The fraction of sp³-hybridized carbons (Fsp3) is 0.304. The van der Waals surface area contributed by atoms with E-state index in [-0.39, 0.29) is 19.3 Å². The largest absolute Gasteiger partial charge is 0.368 e. The highest BCUT2D eigenvalue weighted by Gasteiger charge is 2.32. The van der Waals surface area contributed by atoms with Gasteiger partial charge in [0.05, 0.1) is 6.04 Å². The Morgan fingerprint density at radius 3 is 1.75 bits per heavy atom. The molecule has 6 aromatic rings.